The van der Waals surface area contributed by atoms with E-state index in [2.05, 4.69) is 47.6 Å². The Morgan fingerprint density at radius 3 is 2.51 bits per heavy atom. The number of aromatic hydroxyl groups is 1. The fraction of sp³-hybridized carbons (Fsp3) is 0.500. The van der Waals surface area contributed by atoms with E-state index < -0.39 is 12.1 Å². The highest BCUT2D eigenvalue weighted by Crippen LogP contribution is 2.33. The molecule has 0 bridgehead atoms. The number of hydrogen-bond donors (Lipinski definition) is 3. The van der Waals surface area contributed by atoms with E-state index in [4.69, 9.17) is 14.6 Å². The van der Waals surface area contributed by atoms with Crippen LogP contribution in [0.15, 0.2) is 42.5 Å². The van der Waals surface area contributed by atoms with Crippen LogP contribution < -0.4 is 10.1 Å². The number of nitrogens with one attached hydrogen (secondary N) is 1. The maximum absolute atomic E-state index is 10.6. The van der Waals surface area contributed by atoms with E-state index in [1.165, 1.54) is 36.0 Å². The summed E-state index contributed by atoms with van der Waals surface area (Å²) in [5, 5.41) is 20.5. The number of piperidine rings is 1. The molecular weight excluding hydrogens is 461 g/mol. The third kappa shape index (κ3) is 8.14. The molecule has 0 aliphatic carbocycles. The first-order chi connectivity index (χ1) is 16.6. The lowest BCUT2D eigenvalue weighted by Gasteiger charge is -2.35. The van der Waals surface area contributed by atoms with Crippen molar-refractivity contribution in [2.24, 2.45) is 0 Å². The molecule has 1 saturated heterocycles. The number of nitrogens with zero attached hydrogens (tertiary/aromatic N) is 1. The molecule has 6 nitrogen and oxygen atoms in total. The second kappa shape index (κ2) is 12.3. The van der Waals surface area contributed by atoms with E-state index in [1.54, 1.807) is 0 Å². The molecule has 1 fully saturated rings. The number of likely N-dealkylation sites (N-methyl/N-ethyl adjacent to an activating group) is 1. The van der Waals surface area contributed by atoms with Crippen LogP contribution in [-0.2, 0) is 17.6 Å². The number of phenols is 1. The summed E-state index contributed by atoms with van der Waals surface area (Å²) in [6.07, 6.45) is 1.89. The Labute approximate surface area is 203 Å². The van der Waals surface area contributed by atoms with Gasteiger partial charge in [0.2, 0.25) is 0 Å². The Hall–Kier alpha value is -2.78. The number of hydrogen-bond acceptors (Lipinski definition) is 5. The van der Waals surface area contributed by atoms with Gasteiger partial charge < -0.3 is 20.3 Å². The molecule has 2 aliphatic heterocycles. The lowest BCUT2D eigenvalue weighted by atomic mass is 9.89. The maximum atomic E-state index is 10.6. The number of aliphatic carboxylic acids is 1. The van der Waals surface area contributed by atoms with E-state index in [9.17, 15) is 18.3 Å². The Morgan fingerprint density at radius 2 is 1.89 bits per heavy atom. The van der Waals surface area contributed by atoms with E-state index in [-0.39, 0.29) is 0 Å². The van der Waals surface area contributed by atoms with Crippen LogP contribution in [0.2, 0.25) is 0 Å². The molecular formula is C26H33F3N2O4. The summed E-state index contributed by atoms with van der Waals surface area (Å²) >= 11 is 0. The van der Waals surface area contributed by atoms with Gasteiger partial charge in [-0.3, -0.25) is 4.90 Å². The number of phenolic OH excluding ortho intramolecular Hbond substituents is 1. The van der Waals surface area contributed by atoms with Crippen molar-refractivity contribution in [3.8, 4) is 11.5 Å². The van der Waals surface area contributed by atoms with Gasteiger partial charge >= 0.3 is 12.1 Å². The minimum absolute atomic E-state index is 0.355. The van der Waals surface area contributed by atoms with Crippen molar-refractivity contribution in [1.29, 1.82) is 0 Å². The first kappa shape index (κ1) is 26.8. The topological polar surface area (TPSA) is 82.0 Å². The van der Waals surface area contributed by atoms with Crippen molar-refractivity contribution in [1.82, 2.24) is 10.2 Å². The van der Waals surface area contributed by atoms with Gasteiger partial charge in [0, 0.05) is 18.6 Å². The summed E-state index contributed by atoms with van der Waals surface area (Å²) in [5.41, 5.74) is 3.94. The van der Waals surface area contributed by atoms with Crippen LogP contribution in [0.25, 0.3) is 0 Å². The summed E-state index contributed by atoms with van der Waals surface area (Å²) in [6, 6.07) is 15.4. The summed E-state index contributed by atoms with van der Waals surface area (Å²) < 4.78 is 37.7. The third-order valence-electron chi connectivity index (χ3n) is 6.49. The molecule has 2 atom stereocenters. The van der Waals surface area contributed by atoms with Gasteiger partial charge in [0.1, 0.15) is 11.5 Å². The average molecular weight is 495 g/mol. The SMILES string of the molecule is CN1CCc2cc(O)ccc2C1Cc1ccc(OCCC2CCCCN2)cc1.O=C(O)C(F)(F)F. The number of fused-ring (bicyclic) bond motifs is 1. The minimum Gasteiger partial charge on any atom is -0.508 e. The molecule has 2 aliphatic rings. The normalized spacial score (nSPS) is 20.3. The smallest absolute Gasteiger partial charge is 0.490 e. The molecule has 9 heteroatoms. The maximum Gasteiger partial charge on any atom is 0.490 e. The molecule has 2 aromatic carbocycles. The van der Waals surface area contributed by atoms with Crippen LogP contribution in [0.4, 0.5) is 13.2 Å². The molecule has 0 amide bonds. The fourth-order valence-electron chi connectivity index (χ4n) is 4.52. The summed E-state index contributed by atoms with van der Waals surface area (Å²) in [6.45, 7) is 2.95. The van der Waals surface area contributed by atoms with E-state index in [1.807, 2.05) is 12.1 Å². The highest BCUT2D eigenvalue weighted by atomic mass is 19.4. The van der Waals surface area contributed by atoms with E-state index in [0.717, 1.165) is 44.7 Å². The van der Waals surface area contributed by atoms with Crippen molar-refractivity contribution in [2.75, 3.05) is 26.7 Å². The molecule has 2 heterocycles. The Balaban J connectivity index is 0.000000429. The van der Waals surface area contributed by atoms with E-state index in [0.29, 0.717) is 17.8 Å². The monoisotopic (exact) mass is 494 g/mol. The molecule has 4 rings (SSSR count). The number of halogens is 3. The number of rotatable bonds is 6. The van der Waals surface area contributed by atoms with Crippen molar-refractivity contribution in [3.63, 3.8) is 0 Å². The van der Waals surface area contributed by atoms with Gasteiger partial charge in [0.15, 0.2) is 0 Å². The Bertz CT molecular complexity index is 960. The average Bonchev–Trinajstić information content (AvgIpc) is 2.82. The van der Waals surface area contributed by atoms with Gasteiger partial charge in [-0.05, 0) is 86.7 Å². The zero-order valence-electron chi connectivity index (χ0n) is 19.9. The molecule has 0 saturated carbocycles. The zero-order chi connectivity index (χ0) is 25.4. The Morgan fingerprint density at radius 1 is 1.17 bits per heavy atom. The molecule has 0 aromatic heterocycles. The van der Waals surface area contributed by atoms with Crippen molar-refractivity contribution in [3.05, 3.63) is 59.2 Å². The largest absolute Gasteiger partial charge is 0.508 e. The summed E-state index contributed by atoms with van der Waals surface area (Å²) in [5.74, 6) is -1.43. The van der Waals surface area contributed by atoms with Gasteiger partial charge in [-0.15, -0.1) is 0 Å². The highest BCUT2D eigenvalue weighted by molar-refractivity contribution is 5.73. The molecule has 35 heavy (non-hydrogen) atoms. The van der Waals surface area contributed by atoms with Crippen molar-refractivity contribution >= 4 is 5.97 Å². The number of carboxylic acid groups (broad SMARTS) is 1. The standard InChI is InChI=1S/C24H32N2O2.C2HF3O2/c1-26-14-11-19-17-21(27)7-10-23(19)24(26)16-18-5-8-22(9-6-18)28-15-12-20-4-2-3-13-25-20;3-2(4,5)1(6)7/h5-10,17,20,24-25,27H,2-4,11-16H2,1H3;(H,6,7). The first-order valence-corrected chi connectivity index (χ1v) is 11.9. The molecule has 192 valence electrons. The molecule has 2 unspecified atom stereocenters. The van der Waals surface area contributed by atoms with Gasteiger partial charge in [-0.1, -0.05) is 24.6 Å². The predicted molar refractivity (Wildman–Crippen MR) is 127 cm³/mol. The quantitative estimate of drug-likeness (QED) is 0.540. The van der Waals surface area contributed by atoms with Gasteiger partial charge in [0.25, 0.3) is 0 Å². The lowest BCUT2D eigenvalue weighted by Crippen LogP contribution is -2.35. The fourth-order valence-corrected chi connectivity index (χ4v) is 4.52. The molecule has 2 aromatic rings. The number of carboxylic acids is 1. The minimum atomic E-state index is -5.08. The highest BCUT2D eigenvalue weighted by Gasteiger charge is 2.38. The Kier molecular flexibility index (Phi) is 9.40. The van der Waals surface area contributed by atoms with Crippen molar-refractivity contribution < 1.29 is 32.9 Å². The zero-order valence-corrected chi connectivity index (χ0v) is 19.9. The third-order valence-corrected chi connectivity index (χ3v) is 6.49. The number of ether oxygens (including phenoxy) is 1. The second-order valence-corrected chi connectivity index (χ2v) is 9.06. The van der Waals surface area contributed by atoms with Crippen LogP contribution in [-0.4, -0.2) is 60.0 Å². The van der Waals surface area contributed by atoms with Crippen LogP contribution in [0.5, 0.6) is 11.5 Å². The number of alkyl halides is 3. The van der Waals surface area contributed by atoms with Crippen molar-refractivity contribution in [2.45, 2.75) is 56.8 Å². The lowest BCUT2D eigenvalue weighted by molar-refractivity contribution is -0.192. The van der Waals surface area contributed by atoms with E-state index >= 15 is 0 Å². The van der Waals surface area contributed by atoms with Crippen LogP contribution in [0, 0.1) is 0 Å². The summed E-state index contributed by atoms with van der Waals surface area (Å²) in [7, 11) is 2.19. The molecule has 0 radical (unpaired) electrons. The molecule has 0 spiro atoms. The van der Waals surface area contributed by atoms with Gasteiger partial charge in [-0.25, -0.2) is 4.79 Å². The van der Waals surface area contributed by atoms with Crippen LogP contribution in [0.3, 0.4) is 0 Å². The molecule has 3 N–H and O–H groups in total. The number of carbonyl (C=O) groups is 1. The van der Waals surface area contributed by atoms with Crippen LogP contribution in [0.1, 0.15) is 48.4 Å². The van der Waals surface area contributed by atoms with Gasteiger partial charge in [-0.2, -0.15) is 13.2 Å². The first-order valence-electron chi connectivity index (χ1n) is 11.9. The summed E-state index contributed by atoms with van der Waals surface area (Å²) in [4.78, 5) is 11.3. The van der Waals surface area contributed by atoms with Gasteiger partial charge in [0.05, 0.1) is 6.61 Å². The second-order valence-electron chi connectivity index (χ2n) is 9.06. The number of benzene rings is 2. The van der Waals surface area contributed by atoms with Crippen LogP contribution >= 0.6 is 0 Å². The predicted octanol–water partition coefficient (Wildman–Crippen LogP) is 4.71.